The zero-order valence-corrected chi connectivity index (χ0v) is 7.42. The highest BCUT2D eigenvalue weighted by molar-refractivity contribution is 5.26. The molecule has 2 N–H and O–H groups in total. The average Bonchev–Trinajstić information content (AvgIpc) is 2.15. The summed E-state index contributed by atoms with van der Waals surface area (Å²) in [5, 5.41) is 0. The van der Waals surface area contributed by atoms with E-state index in [0.717, 1.165) is 6.61 Å². The van der Waals surface area contributed by atoms with E-state index >= 15 is 0 Å². The van der Waals surface area contributed by atoms with E-state index in [1.54, 1.807) is 0 Å². The zero-order chi connectivity index (χ0) is 8.81. The molecule has 0 saturated heterocycles. The first-order valence-electron chi connectivity index (χ1n) is 4.23. The molecule has 0 atom stereocenters. The molecule has 0 fully saturated rings. The van der Waals surface area contributed by atoms with Crippen molar-refractivity contribution < 1.29 is 4.74 Å². The van der Waals surface area contributed by atoms with Crippen LogP contribution in [0.2, 0.25) is 0 Å². The van der Waals surface area contributed by atoms with Crippen molar-refractivity contribution in [2.45, 2.75) is 20.1 Å². The fourth-order valence-electron chi connectivity index (χ4n) is 1.11. The monoisotopic (exact) mass is 165 g/mol. The molecule has 1 aromatic carbocycles. The Balaban J connectivity index is 2.68. The molecular formula is C10H15NO. The van der Waals surface area contributed by atoms with Gasteiger partial charge in [0.25, 0.3) is 0 Å². The van der Waals surface area contributed by atoms with Crippen molar-refractivity contribution in [3.8, 4) is 0 Å². The summed E-state index contributed by atoms with van der Waals surface area (Å²) in [5.41, 5.74) is 7.94. The smallest absolute Gasteiger partial charge is 0.0719 e. The summed E-state index contributed by atoms with van der Waals surface area (Å²) < 4.78 is 5.31. The molecule has 0 amide bonds. The normalized spacial score (nSPS) is 10.2. The maximum Gasteiger partial charge on any atom is 0.0719 e. The van der Waals surface area contributed by atoms with Crippen LogP contribution >= 0.6 is 0 Å². The Morgan fingerprint density at radius 2 is 1.92 bits per heavy atom. The van der Waals surface area contributed by atoms with Crippen LogP contribution in [0.15, 0.2) is 24.3 Å². The molecule has 0 aromatic heterocycles. The van der Waals surface area contributed by atoms with Crippen molar-refractivity contribution >= 4 is 0 Å². The molecule has 0 bridgehead atoms. The highest BCUT2D eigenvalue weighted by atomic mass is 16.5. The number of rotatable bonds is 4. The summed E-state index contributed by atoms with van der Waals surface area (Å²) in [6.07, 6.45) is 0. The van der Waals surface area contributed by atoms with Crippen LogP contribution in [0.5, 0.6) is 0 Å². The maximum absolute atomic E-state index is 5.57. The van der Waals surface area contributed by atoms with Gasteiger partial charge in [-0.05, 0) is 18.1 Å². The zero-order valence-electron chi connectivity index (χ0n) is 7.42. The Kier molecular flexibility index (Phi) is 3.77. The predicted octanol–water partition coefficient (Wildman–Crippen LogP) is 1.68. The third kappa shape index (κ3) is 2.32. The third-order valence-corrected chi connectivity index (χ3v) is 1.80. The van der Waals surface area contributed by atoms with Crippen molar-refractivity contribution in [2.24, 2.45) is 5.73 Å². The van der Waals surface area contributed by atoms with E-state index in [1.807, 2.05) is 25.1 Å². The minimum Gasteiger partial charge on any atom is -0.377 e. The summed E-state index contributed by atoms with van der Waals surface area (Å²) in [4.78, 5) is 0. The molecule has 0 radical (unpaired) electrons. The molecule has 0 aliphatic rings. The molecular weight excluding hydrogens is 150 g/mol. The molecule has 0 saturated carbocycles. The number of benzene rings is 1. The van der Waals surface area contributed by atoms with Crippen LogP contribution in [0.1, 0.15) is 18.1 Å². The van der Waals surface area contributed by atoms with Crippen LogP contribution in [-0.2, 0) is 17.9 Å². The summed E-state index contributed by atoms with van der Waals surface area (Å²) in [6.45, 7) is 4.00. The van der Waals surface area contributed by atoms with Crippen LogP contribution in [0.4, 0.5) is 0 Å². The number of hydrogen-bond acceptors (Lipinski definition) is 2. The molecule has 12 heavy (non-hydrogen) atoms. The van der Waals surface area contributed by atoms with Crippen LogP contribution in [0, 0.1) is 0 Å². The fraction of sp³-hybridized carbons (Fsp3) is 0.400. The maximum atomic E-state index is 5.57. The van der Waals surface area contributed by atoms with E-state index in [4.69, 9.17) is 10.5 Å². The summed E-state index contributed by atoms with van der Waals surface area (Å²) in [7, 11) is 0. The minimum atomic E-state index is 0.587. The molecule has 0 aliphatic heterocycles. The second-order valence-corrected chi connectivity index (χ2v) is 2.61. The highest BCUT2D eigenvalue weighted by Gasteiger charge is 1.97. The lowest BCUT2D eigenvalue weighted by atomic mass is 10.1. The lowest BCUT2D eigenvalue weighted by Gasteiger charge is -2.06. The summed E-state index contributed by atoms with van der Waals surface area (Å²) in [5.74, 6) is 0. The fourth-order valence-corrected chi connectivity index (χ4v) is 1.11. The lowest BCUT2D eigenvalue weighted by Crippen LogP contribution is -2.02. The molecule has 2 heteroatoms. The van der Waals surface area contributed by atoms with Gasteiger partial charge in [0.1, 0.15) is 0 Å². The van der Waals surface area contributed by atoms with Gasteiger partial charge in [0.15, 0.2) is 0 Å². The van der Waals surface area contributed by atoms with Gasteiger partial charge in [0.2, 0.25) is 0 Å². The minimum absolute atomic E-state index is 0.587. The number of ether oxygens (including phenoxy) is 1. The molecule has 0 aliphatic carbocycles. The standard InChI is InChI=1S/C10H15NO/c1-2-12-8-10-6-4-3-5-9(10)7-11/h3-6H,2,7-8,11H2,1H3. The van der Waals surface area contributed by atoms with Gasteiger partial charge in [-0.15, -0.1) is 0 Å². The van der Waals surface area contributed by atoms with Crippen molar-refractivity contribution in [1.29, 1.82) is 0 Å². The Labute approximate surface area is 73.3 Å². The molecule has 0 heterocycles. The first-order valence-corrected chi connectivity index (χ1v) is 4.23. The third-order valence-electron chi connectivity index (χ3n) is 1.80. The number of hydrogen-bond donors (Lipinski definition) is 1. The van der Waals surface area contributed by atoms with Crippen LogP contribution in [0.25, 0.3) is 0 Å². The number of nitrogens with two attached hydrogens (primary N) is 1. The average molecular weight is 165 g/mol. The van der Waals surface area contributed by atoms with Crippen LogP contribution < -0.4 is 5.73 Å². The largest absolute Gasteiger partial charge is 0.377 e. The van der Waals surface area contributed by atoms with Crippen molar-refractivity contribution in [3.63, 3.8) is 0 Å². The topological polar surface area (TPSA) is 35.2 Å². The van der Waals surface area contributed by atoms with E-state index in [-0.39, 0.29) is 0 Å². The molecule has 1 aromatic rings. The Hall–Kier alpha value is -0.860. The molecule has 0 unspecified atom stereocenters. The molecule has 0 spiro atoms. The van der Waals surface area contributed by atoms with E-state index in [9.17, 15) is 0 Å². The summed E-state index contributed by atoms with van der Waals surface area (Å²) >= 11 is 0. The van der Waals surface area contributed by atoms with Gasteiger partial charge in [-0.3, -0.25) is 0 Å². The van der Waals surface area contributed by atoms with E-state index in [0.29, 0.717) is 13.2 Å². The van der Waals surface area contributed by atoms with E-state index in [2.05, 4.69) is 6.07 Å². The Morgan fingerprint density at radius 3 is 2.50 bits per heavy atom. The highest BCUT2D eigenvalue weighted by Crippen LogP contribution is 2.08. The van der Waals surface area contributed by atoms with Crippen molar-refractivity contribution in [2.75, 3.05) is 6.61 Å². The summed E-state index contributed by atoms with van der Waals surface area (Å²) in [6, 6.07) is 8.09. The molecule has 2 nitrogen and oxygen atoms in total. The van der Waals surface area contributed by atoms with Gasteiger partial charge in [0.05, 0.1) is 6.61 Å². The first-order chi connectivity index (χ1) is 5.88. The lowest BCUT2D eigenvalue weighted by molar-refractivity contribution is 0.133. The quantitative estimate of drug-likeness (QED) is 0.736. The van der Waals surface area contributed by atoms with Crippen molar-refractivity contribution in [3.05, 3.63) is 35.4 Å². The van der Waals surface area contributed by atoms with Gasteiger partial charge >= 0.3 is 0 Å². The molecule has 66 valence electrons. The SMILES string of the molecule is CCOCc1ccccc1CN. The second kappa shape index (κ2) is 4.91. The van der Waals surface area contributed by atoms with Crippen molar-refractivity contribution in [1.82, 2.24) is 0 Å². The van der Waals surface area contributed by atoms with Crippen LogP contribution in [0.3, 0.4) is 0 Å². The van der Waals surface area contributed by atoms with E-state index < -0.39 is 0 Å². The molecule has 1 rings (SSSR count). The van der Waals surface area contributed by atoms with Crippen LogP contribution in [-0.4, -0.2) is 6.61 Å². The van der Waals surface area contributed by atoms with E-state index in [1.165, 1.54) is 11.1 Å². The second-order valence-electron chi connectivity index (χ2n) is 2.61. The van der Waals surface area contributed by atoms with Gasteiger partial charge in [-0.25, -0.2) is 0 Å². The van der Waals surface area contributed by atoms with Gasteiger partial charge in [-0.2, -0.15) is 0 Å². The Bertz CT molecular complexity index is 235. The Morgan fingerprint density at radius 1 is 1.25 bits per heavy atom. The first kappa shape index (κ1) is 9.23. The predicted molar refractivity (Wildman–Crippen MR) is 49.7 cm³/mol. The van der Waals surface area contributed by atoms with Gasteiger partial charge in [0, 0.05) is 13.2 Å². The van der Waals surface area contributed by atoms with Gasteiger partial charge in [-0.1, -0.05) is 24.3 Å². The van der Waals surface area contributed by atoms with Gasteiger partial charge < -0.3 is 10.5 Å².